The Morgan fingerprint density at radius 3 is 2.64 bits per heavy atom. The Kier molecular flexibility index (Phi) is 3.84. The van der Waals surface area contributed by atoms with Crippen LogP contribution < -0.4 is 5.56 Å². The number of fused-ring (bicyclic) bond motifs is 1. The fourth-order valence-corrected chi connectivity index (χ4v) is 3.07. The van der Waals surface area contributed by atoms with Crippen LogP contribution in [0.1, 0.15) is 40.4 Å². The molecule has 3 aromatic rings. The number of halogens is 1. The molecule has 1 N–H and O–H groups in total. The molecule has 25 heavy (non-hydrogen) atoms. The molecule has 0 amide bonds. The molecule has 0 saturated heterocycles. The molecule has 1 aromatic carbocycles. The molecule has 128 valence electrons. The Balaban J connectivity index is 1.75. The third-order valence-corrected chi connectivity index (χ3v) is 4.74. The van der Waals surface area contributed by atoms with Crippen LogP contribution >= 0.6 is 11.6 Å². The van der Waals surface area contributed by atoms with Crippen molar-refractivity contribution in [2.45, 2.75) is 31.7 Å². The van der Waals surface area contributed by atoms with Gasteiger partial charge in [0.2, 0.25) is 0 Å². The van der Waals surface area contributed by atoms with E-state index in [4.69, 9.17) is 11.6 Å². The van der Waals surface area contributed by atoms with Crippen LogP contribution in [0.4, 0.5) is 0 Å². The highest BCUT2D eigenvalue weighted by Gasteiger charge is 2.28. The molecule has 1 fully saturated rings. The predicted molar refractivity (Wildman–Crippen MR) is 93.5 cm³/mol. The van der Waals surface area contributed by atoms with Crippen LogP contribution in [-0.2, 0) is 13.0 Å². The summed E-state index contributed by atoms with van der Waals surface area (Å²) in [5.74, 6) is -0.854. The number of aromatic carboxylic acids is 1. The van der Waals surface area contributed by atoms with E-state index in [1.807, 2.05) is 30.3 Å². The van der Waals surface area contributed by atoms with E-state index in [1.165, 1.54) is 10.7 Å². The van der Waals surface area contributed by atoms with Crippen molar-refractivity contribution in [2.75, 3.05) is 0 Å². The number of benzene rings is 1. The average molecular weight is 358 g/mol. The van der Waals surface area contributed by atoms with Crippen molar-refractivity contribution >= 4 is 23.2 Å². The van der Waals surface area contributed by atoms with E-state index >= 15 is 0 Å². The molecular weight excluding hydrogens is 342 g/mol. The molecule has 6 nitrogen and oxygen atoms in total. The molecule has 2 heterocycles. The maximum absolute atomic E-state index is 12.4. The van der Waals surface area contributed by atoms with Gasteiger partial charge >= 0.3 is 5.97 Å². The number of carbonyl (C=O) groups is 1. The minimum Gasteiger partial charge on any atom is -0.477 e. The Morgan fingerprint density at radius 1 is 1.28 bits per heavy atom. The fourth-order valence-electron chi connectivity index (χ4n) is 2.94. The van der Waals surface area contributed by atoms with Gasteiger partial charge in [-0.3, -0.25) is 4.79 Å². The molecule has 0 bridgehead atoms. The van der Waals surface area contributed by atoms with Gasteiger partial charge in [-0.05, 0) is 37.0 Å². The monoisotopic (exact) mass is 357 g/mol. The third-order valence-electron chi connectivity index (χ3n) is 4.49. The summed E-state index contributed by atoms with van der Waals surface area (Å²) in [6.45, 7) is 0.543. The maximum atomic E-state index is 12.4. The first-order valence-electron chi connectivity index (χ1n) is 8.14. The first-order chi connectivity index (χ1) is 12.0. The maximum Gasteiger partial charge on any atom is 0.342 e. The zero-order valence-corrected chi connectivity index (χ0v) is 14.1. The van der Waals surface area contributed by atoms with Gasteiger partial charge in [0, 0.05) is 29.7 Å². The summed E-state index contributed by atoms with van der Waals surface area (Å²) in [4.78, 5) is 23.8. The van der Waals surface area contributed by atoms with Crippen molar-refractivity contribution in [3.63, 3.8) is 0 Å². The highest BCUT2D eigenvalue weighted by Crippen LogP contribution is 2.39. The normalized spacial score (nSPS) is 14.1. The lowest BCUT2D eigenvalue weighted by atomic mass is 10.1. The third kappa shape index (κ3) is 3.05. The van der Waals surface area contributed by atoms with Crippen molar-refractivity contribution in [3.05, 3.63) is 68.7 Å². The van der Waals surface area contributed by atoms with E-state index in [0.29, 0.717) is 29.6 Å². The Labute approximate surface area is 148 Å². The largest absolute Gasteiger partial charge is 0.477 e. The van der Waals surface area contributed by atoms with Crippen LogP contribution in [0.15, 0.2) is 41.3 Å². The number of rotatable bonds is 5. The smallest absolute Gasteiger partial charge is 0.342 e. The molecular formula is C18H16ClN3O3. The quantitative estimate of drug-likeness (QED) is 0.761. The van der Waals surface area contributed by atoms with Gasteiger partial charge in [-0.15, -0.1) is 0 Å². The van der Waals surface area contributed by atoms with E-state index in [0.717, 1.165) is 24.1 Å². The van der Waals surface area contributed by atoms with Gasteiger partial charge in [0.25, 0.3) is 5.56 Å². The lowest BCUT2D eigenvalue weighted by molar-refractivity contribution is 0.0693. The van der Waals surface area contributed by atoms with Gasteiger partial charge in [0.1, 0.15) is 11.2 Å². The van der Waals surface area contributed by atoms with Crippen LogP contribution in [0, 0.1) is 0 Å². The van der Waals surface area contributed by atoms with E-state index in [-0.39, 0.29) is 5.56 Å². The van der Waals surface area contributed by atoms with E-state index < -0.39 is 11.5 Å². The summed E-state index contributed by atoms with van der Waals surface area (Å²) in [6, 6.07) is 9.42. The number of nitrogens with zero attached hydrogens (tertiary/aromatic N) is 3. The van der Waals surface area contributed by atoms with Gasteiger partial charge in [-0.2, -0.15) is 9.61 Å². The highest BCUT2D eigenvalue weighted by atomic mass is 35.5. The predicted octanol–water partition coefficient (Wildman–Crippen LogP) is 2.97. The van der Waals surface area contributed by atoms with Gasteiger partial charge in [-0.25, -0.2) is 4.79 Å². The Bertz CT molecular complexity index is 1020. The van der Waals surface area contributed by atoms with Crippen LogP contribution in [0.3, 0.4) is 0 Å². The zero-order valence-electron chi connectivity index (χ0n) is 13.4. The fraction of sp³-hybridized carbons (Fsp3) is 0.278. The topological polar surface area (TPSA) is 76.6 Å². The molecule has 0 radical (unpaired) electrons. The second-order valence-corrected chi connectivity index (χ2v) is 6.77. The van der Waals surface area contributed by atoms with Gasteiger partial charge < -0.3 is 9.67 Å². The first-order valence-corrected chi connectivity index (χ1v) is 8.51. The van der Waals surface area contributed by atoms with Crippen LogP contribution in [0.5, 0.6) is 0 Å². The second-order valence-electron chi connectivity index (χ2n) is 6.34. The number of hydrogen-bond acceptors (Lipinski definition) is 3. The molecule has 1 aliphatic carbocycles. The van der Waals surface area contributed by atoms with Crippen molar-refractivity contribution in [1.82, 2.24) is 14.2 Å². The van der Waals surface area contributed by atoms with Crippen LogP contribution in [0.2, 0.25) is 5.02 Å². The van der Waals surface area contributed by atoms with E-state index in [2.05, 4.69) is 5.10 Å². The summed E-state index contributed by atoms with van der Waals surface area (Å²) in [7, 11) is 0. The summed E-state index contributed by atoms with van der Waals surface area (Å²) >= 11 is 5.90. The first kappa shape index (κ1) is 15.9. The number of hydrogen-bond donors (Lipinski definition) is 1. The van der Waals surface area contributed by atoms with Crippen molar-refractivity contribution in [3.8, 4) is 0 Å². The Hall–Kier alpha value is -2.60. The Morgan fingerprint density at radius 2 is 2.00 bits per heavy atom. The van der Waals surface area contributed by atoms with Crippen molar-refractivity contribution < 1.29 is 9.90 Å². The molecule has 0 aliphatic heterocycles. The number of aromatic nitrogens is 3. The van der Waals surface area contributed by atoms with Crippen LogP contribution in [0.25, 0.3) is 5.65 Å². The summed E-state index contributed by atoms with van der Waals surface area (Å²) in [5, 5.41) is 14.3. The van der Waals surface area contributed by atoms with Gasteiger partial charge in [-0.1, -0.05) is 23.7 Å². The lowest BCUT2D eigenvalue weighted by Gasteiger charge is -2.10. The zero-order chi connectivity index (χ0) is 17.6. The average Bonchev–Trinajstić information content (AvgIpc) is 3.34. The van der Waals surface area contributed by atoms with Crippen molar-refractivity contribution in [1.29, 1.82) is 0 Å². The number of carboxylic acid groups (broad SMARTS) is 1. The molecule has 0 atom stereocenters. The second kappa shape index (κ2) is 6.04. The minimum absolute atomic E-state index is 0.269. The molecule has 0 unspecified atom stereocenters. The molecule has 0 spiro atoms. The summed E-state index contributed by atoms with van der Waals surface area (Å²) < 4.78 is 3.01. The molecule has 1 aliphatic rings. The summed E-state index contributed by atoms with van der Waals surface area (Å²) in [5.41, 5.74) is 1.72. The number of aryl methyl sites for hydroxylation is 2. The minimum atomic E-state index is -1.24. The standard InChI is InChI=1S/C18H16ClN3O3/c19-13-5-1-11(2-6-13)7-8-21-10-14(18(24)25)17(23)22-16(21)9-15(20-22)12-3-4-12/h1-2,5-6,9-10,12H,3-4,7-8H2,(H,24,25). The van der Waals surface area contributed by atoms with Crippen molar-refractivity contribution in [2.24, 2.45) is 0 Å². The van der Waals surface area contributed by atoms with Gasteiger partial charge in [0.15, 0.2) is 0 Å². The number of carboxylic acids is 1. The van der Waals surface area contributed by atoms with E-state index in [1.54, 1.807) is 4.57 Å². The summed E-state index contributed by atoms with van der Waals surface area (Å²) in [6.07, 6.45) is 4.23. The van der Waals surface area contributed by atoms with Gasteiger partial charge in [0.05, 0.1) is 5.69 Å². The molecule has 7 heteroatoms. The SMILES string of the molecule is O=C(O)c1cn(CCc2ccc(Cl)cc2)c2cc(C3CC3)nn2c1=O. The molecule has 1 saturated carbocycles. The highest BCUT2D eigenvalue weighted by molar-refractivity contribution is 6.30. The lowest BCUT2D eigenvalue weighted by Crippen LogP contribution is -2.26. The molecule has 2 aromatic heterocycles. The van der Waals surface area contributed by atoms with E-state index in [9.17, 15) is 14.7 Å². The molecule has 4 rings (SSSR count). The van der Waals surface area contributed by atoms with Crippen LogP contribution in [-0.4, -0.2) is 25.3 Å².